The minimum absolute atomic E-state index is 0.211. The van der Waals surface area contributed by atoms with Crippen LogP contribution in [0.3, 0.4) is 0 Å². The minimum atomic E-state index is -0.967. The third-order valence-corrected chi connectivity index (χ3v) is 4.26. The number of rotatable bonds is 5. The average molecular weight is 305 g/mol. The Balaban J connectivity index is 2.25. The number of carbonyl (C=O) groups is 1. The van der Waals surface area contributed by atoms with Crippen LogP contribution in [-0.4, -0.2) is 28.1 Å². The zero-order valence-electron chi connectivity index (χ0n) is 12.6. The first kappa shape index (κ1) is 15.4. The van der Waals surface area contributed by atoms with Crippen molar-refractivity contribution < 1.29 is 9.90 Å². The molecule has 0 unspecified atom stereocenters. The van der Waals surface area contributed by atoms with Crippen molar-refractivity contribution in [1.29, 1.82) is 0 Å². The maximum atomic E-state index is 11.3. The molecule has 112 valence electrons. The van der Waals surface area contributed by atoms with Gasteiger partial charge in [-0.3, -0.25) is 0 Å². The fraction of sp³-hybridized carbons (Fsp3) is 0.400. The van der Waals surface area contributed by atoms with Crippen LogP contribution in [0.1, 0.15) is 46.5 Å². The second-order valence-corrected chi connectivity index (χ2v) is 6.21. The Hall–Kier alpha value is -1.95. The highest BCUT2D eigenvalue weighted by atomic mass is 32.1. The summed E-state index contributed by atoms with van der Waals surface area (Å²) in [4.78, 5) is 22.1. The monoisotopic (exact) mass is 305 g/mol. The molecule has 2 aromatic rings. The van der Waals surface area contributed by atoms with E-state index in [4.69, 9.17) is 0 Å². The van der Waals surface area contributed by atoms with Crippen molar-refractivity contribution >= 4 is 23.1 Å². The highest BCUT2D eigenvalue weighted by Crippen LogP contribution is 2.23. The average Bonchev–Trinajstić information content (AvgIpc) is 2.86. The maximum Gasteiger partial charge on any atom is 0.339 e. The smallest absolute Gasteiger partial charge is 0.339 e. The number of hydrogen-bond acceptors (Lipinski definition) is 5. The summed E-state index contributed by atoms with van der Waals surface area (Å²) in [6.45, 7) is 6.61. The molecule has 0 aromatic carbocycles. The van der Waals surface area contributed by atoms with Gasteiger partial charge >= 0.3 is 5.97 Å². The van der Waals surface area contributed by atoms with Crippen LogP contribution in [0.4, 0.5) is 5.82 Å². The number of aromatic nitrogens is 2. The highest BCUT2D eigenvalue weighted by molar-refractivity contribution is 7.09. The summed E-state index contributed by atoms with van der Waals surface area (Å²) in [6.07, 6.45) is 0. The summed E-state index contributed by atoms with van der Waals surface area (Å²) in [5.74, 6) is -0.0900. The van der Waals surface area contributed by atoms with Crippen molar-refractivity contribution in [3.05, 3.63) is 39.5 Å². The zero-order valence-corrected chi connectivity index (χ0v) is 13.4. The largest absolute Gasteiger partial charge is 0.478 e. The van der Waals surface area contributed by atoms with E-state index in [0.717, 1.165) is 16.4 Å². The van der Waals surface area contributed by atoms with Gasteiger partial charge in [0.25, 0.3) is 0 Å². The highest BCUT2D eigenvalue weighted by Gasteiger charge is 2.16. The third kappa shape index (κ3) is 3.58. The summed E-state index contributed by atoms with van der Waals surface area (Å²) < 4.78 is 0. The molecule has 0 spiro atoms. The van der Waals surface area contributed by atoms with Gasteiger partial charge in [-0.2, -0.15) is 0 Å². The summed E-state index contributed by atoms with van der Waals surface area (Å²) in [5.41, 5.74) is 1.94. The number of carboxylic acids is 1. The minimum Gasteiger partial charge on any atom is -0.478 e. The van der Waals surface area contributed by atoms with Crippen LogP contribution in [0, 0.1) is 6.92 Å². The molecule has 5 nitrogen and oxygen atoms in total. The Labute approximate surface area is 128 Å². The Morgan fingerprint density at radius 2 is 2.10 bits per heavy atom. The first-order valence-corrected chi connectivity index (χ1v) is 7.62. The second kappa shape index (κ2) is 6.22. The van der Waals surface area contributed by atoms with Gasteiger partial charge in [0, 0.05) is 24.0 Å². The Morgan fingerprint density at radius 3 is 2.67 bits per heavy atom. The molecule has 0 aliphatic heterocycles. The van der Waals surface area contributed by atoms with E-state index >= 15 is 0 Å². The molecule has 0 aliphatic carbocycles. The molecule has 0 bridgehead atoms. The fourth-order valence-electron chi connectivity index (χ4n) is 1.98. The number of aryl methyl sites for hydroxylation is 1. The number of pyridine rings is 1. The normalized spacial score (nSPS) is 10.9. The van der Waals surface area contributed by atoms with Crippen LogP contribution in [0.25, 0.3) is 0 Å². The zero-order chi connectivity index (χ0) is 15.6. The standard InChI is InChI=1S/C15H19N3O2S/c1-9(2)14-17-11(8-21-14)7-18(4)13-12(15(19)20)6-5-10(3)16-13/h5-6,8-9H,7H2,1-4H3,(H,19,20). The number of thiazole rings is 1. The molecule has 6 heteroatoms. The SMILES string of the molecule is Cc1ccc(C(=O)O)c(N(C)Cc2csc(C(C)C)n2)n1. The van der Waals surface area contributed by atoms with E-state index in [0.29, 0.717) is 18.3 Å². The number of aromatic carboxylic acids is 1. The van der Waals surface area contributed by atoms with Gasteiger partial charge in [0.1, 0.15) is 11.4 Å². The molecule has 21 heavy (non-hydrogen) atoms. The lowest BCUT2D eigenvalue weighted by Crippen LogP contribution is -2.21. The number of carboxylic acid groups (broad SMARTS) is 1. The van der Waals surface area contributed by atoms with Gasteiger partial charge in [0.15, 0.2) is 0 Å². The Kier molecular flexibility index (Phi) is 4.57. The van der Waals surface area contributed by atoms with Crippen LogP contribution < -0.4 is 4.90 Å². The lowest BCUT2D eigenvalue weighted by molar-refractivity contribution is 0.0697. The van der Waals surface area contributed by atoms with E-state index in [1.165, 1.54) is 0 Å². The first-order valence-electron chi connectivity index (χ1n) is 6.75. The van der Waals surface area contributed by atoms with Crippen molar-refractivity contribution in [3.8, 4) is 0 Å². The Morgan fingerprint density at radius 1 is 1.38 bits per heavy atom. The molecule has 0 atom stereocenters. The molecule has 0 saturated heterocycles. The molecule has 0 saturated carbocycles. The van der Waals surface area contributed by atoms with E-state index in [9.17, 15) is 9.90 Å². The number of nitrogens with zero attached hydrogens (tertiary/aromatic N) is 3. The Bertz CT molecular complexity index is 652. The molecular formula is C15H19N3O2S. The second-order valence-electron chi connectivity index (χ2n) is 5.32. The van der Waals surface area contributed by atoms with Crippen LogP contribution in [0.5, 0.6) is 0 Å². The fourth-order valence-corrected chi connectivity index (χ4v) is 2.81. The van der Waals surface area contributed by atoms with Crippen LogP contribution in [0.2, 0.25) is 0 Å². The van der Waals surface area contributed by atoms with E-state index in [2.05, 4.69) is 23.8 Å². The van der Waals surface area contributed by atoms with Gasteiger partial charge in [-0.15, -0.1) is 11.3 Å². The molecular weight excluding hydrogens is 286 g/mol. The first-order chi connectivity index (χ1) is 9.88. The van der Waals surface area contributed by atoms with Gasteiger partial charge < -0.3 is 10.0 Å². The number of anilines is 1. The molecule has 0 aliphatic rings. The summed E-state index contributed by atoms with van der Waals surface area (Å²) in [5, 5.41) is 12.4. The molecule has 1 N–H and O–H groups in total. The lowest BCUT2D eigenvalue weighted by Gasteiger charge is -2.19. The lowest BCUT2D eigenvalue weighted by atomic mass is 10.2. The predicted octanol–water partition coefficient (Wildman–Crippen LogP) is 3.30. The quantitative estimate of drug-likeness (QED) is 0.918. The van der Waals surface area contributed by atoms with Crippen molar-refractivity contribution in [2.75, 3.05) is 11.9 Å². The predicted molar refractivity (Wildman–Crippen MR) is 84.2 cm³/mol. The van der Waals surface area contributed by atoms with E-state index in [-0.39, 0.29) is 5.56 Å². The maximum absolute atomic E-state index is 11.3. The molecule has 2 rings (SSSR count). The van der Waals surface area contributed by atoms with Gasteiger partial charge in [-0.1, -0.05) is 13.8 Å². The van der Waals surface area contributed by atoms with E-state index in [1.807, 2.05) is 24.3 Å². The number of hydrogen-bond donors (Lipinski definition) is 1. The van der Waals surface area contributed by atoms with Crippen molar-refractivity contribution in [2.45, 2.75) is 33.2 Å². The summed E-state index contributed by atoms with van der Waals surface area (Å²) in [6, 6.07) is 3.30. The summed E-state index contributed by atoms with van der Waals surface area (Å²) >= 11 is 1.63. The van der Waals surface area contributed by atoms with Crippen molar-refractivity contribution in [1.82, 2.24) is 9.97 Å². The molecule has 0 radical (unpaired) electrons. The van der Waals surface area contributed by atoms with Gasteiger partial charge in [-0.25, -0.2) is 14.8 Å². The third-order valence-electron chi connectivity index (χ3n) is 3.07. The van der Waals surface area contributed by atoms with E-state index < -0.39 is 5.97 Å². The van der Waals surface area contributed by atoms with Crippen LogP contribution in [-0.2, 0) is 6.54 Å². The molecule has 2 aromatic heterocycles. The van der Waals surface area contributed by atoms with Crippen molar-refractivity contribution in [3.63, 3.8) is 0 Å². The molecule has 0 fully saturated rings. The van der Waals surface area contributed by atoms with Crippen molar-refractivity contribution in [2.24, 2.45) is 0 Å². The van der Waals surface area contributed by atoms with Gasteiger partial charge in [0.2, 0.25) is 0 Å². The summed E-state index contributed by atoms with van der Waals surface area (Å²) in [7, 11) is 1.84. The van der Waals surface area contributed by atoms with E-state index in [1.54, 1.807) is 23.5 Å². The topological polar surface area (TPSA) is 66.3 Å². The molecule has 0 amide bonds. The molecule has 2 heterocycles. The van der Waals surface area contributed by atoms with Crippen LogP contribution >= 0.6 is 11.3 Å². The van der Waals surface area contributed by atoms with Gasteiger partial charge in [0.05, 0.1) is 17.2 Å². The van der Waals surface area contributed by atoms with Gasteiger partial charge in [-0.05, 0) is 19.1 Å². The van der Waals surface area contributed by atoms with Crippen LogP contribution in [0.15, 0.2) is 17.5 Å².